The summed E-state index contributed by atoms with van der Waals surface area (Å²) < 4.78 is 0. The molecule has 0 saturated heterocycles. The van der Waals surface area contributed by atoms with Gasteiger partial charge in [-0.25, -0.2) is 0 Å². The van der Waals surface area contributed by atoms with Gasteiger partial charge in [-0.2, -0.15) is 0 Å². The van der Waals surface area contributed by atoms with Crippen LogP contribution in [-0.2, 0) is 14.4 Å². The molecule has 86 valence electrons. The summed E-state index contributed by atoms with van der Waals surface area (Å²) >= 11 is 0. The van der Waals surface area contributed by atoms with Crippen molar-refractivity contribution in [1.82, 2.24) is 10.2 Å². The van der Waals surface area contributed by atoms with Crippen LogP contribution in [0.15, 0.2) is 0 Å². The quantitative estimate of drug-likeness (QED) is 0.608. The predicted octanol–water partition coefficient (Wildman–Crippen LogP) is -0.698. The minimum Gasteiger partial charge on any atom is -0.480 e. The van der Waals surface area contributed by atoms with E-state index < -0.39 is 17.3 Å². The number of carbonyl (C=O) groups is 3. The summed E-state index contributed by atoms with van der Waals surface area (Å²) in [4.78, 5) is 34.5. The molecular formula is C9H16N2O4. The van der Waals surface area contributed by atoms with Crippen molar-refractivity contribution in [2.45, 2.75) is 13.8 Å². The summed E-state index contributed by atoms with van der Waals surface area (Å²) in [6.07, 6.45) is 0. The molecule has 0 radical (unpaired) electrons. The number of carboxylic acid groups (broad SMARTS) is 1. The Morgan fingerprint density at radius 3 is 2.13 bits per heavy atom. The number of hydrogen-bond donors (Lipinski definition) is 2. The molecule has 0 aromatic carbocycles. The van der Waals surface area contributed by atoms with Crippen LogP contribution in [0.3, 0.4) is 0 Å². The number of hydrogen-bond acceptors (Lipinski definition) is 3. The zero-order valence-corrected chi connectivity index (χ0v) is 9.33. The van der Waals surface area contributed by atoms with E-state index in [0.717, 1.165) is 4.90 Å². The molecule has 6 heteroatoms. The highest BCUT2D eigenvalue weighted by Crippen LogP contribution is 2.18. The Morgan fingerprint density at radius 1 is 1.33 bits per heavy atom. The first-order chi connectivity index (χ1) is 6.73. The van der Waals surface area contributed by atoms with Crippen molar-refractivity contribution in [2.75, 3.05) is 20.6 Å². The number of aliphatic carboxylic acids is 1. The number of likely N-dealkylation sites (N-methyl/N-ethyl adjacent to an activating group) is 2. The second-order valence-electron chi connectivity index (χ2n) is 3.76. The van der Waals surface area contributed by atoms with Crippen LogP contribution in [0.4, 0.5) is 0 Å². The standard InChI is InChI=1S/C9H16N2O4/c1-9(2,8(14)15)7(13)11(4)5-6(12)10-3/h5H2,1-4H3,(H,10,12)(H,14,15). The molecule has 6 nitrogen and oxygen atoms in total. The van der Waals surface area contributed by atoms with E-state index in [-0.39, 0.29) is 12.5 Å². The van der Waals surface area contributed by atoms with E-state index in [0.29, 0.717) is 0 Å². The lowest BCUT2D eigenvalue weighted by Crippen LogP contribution is -2.46. The molecule has 0 fully saturated rings. The van der Waals surface area contributed by atoms with Crippen LogP contribution in [-0.4, -0.2) is 48.4 Å². The third kappa shape index (κ3) is 3.23. The number of nitrogens with zero attached hydrogens (tertiary/aromatic N) is 1. The Balaban J connectivity index is 4.58. The van der Waals surface area contributed by atoms with E-state index in [9.17, 15) is 14.4 Å². The molecular weight excluding hydrogens is 200 g/mol. The Labute approximate surface area is 88.2 Å². The normalized spacial score (nSPS) is 10.7. The van der Waals surface area contributed by atoms with Crippen molar-refractivity contribution in [3.8, 4) is 0 Å². The fourth-order valence-corrected chi connectivity index (χ4v) is 0.935. The van der Waals surface area contributed by atoms with Gasteiger partial charge in [-0.3, -0.25) is 14.4 Å². The lowest BCUT2D eigenvalue weighted by atomic mass is 9.92. The molecule has 0 aromatic heterocycles. The second-order valence-corrected chi connectivity index (χ2v) is 3.76. The summed E-state index contributed by atoms with van der Waals surface area (Å²) in [6, 6.07) is 0. The topological polar surface area (TPSA) is 86.7 Å². The lowest BCUT2D eigenvalue weighted by Gasteiger charge is -2.25. The minimum atomic E-state index is -1.51. The van der Waals surface area contributed by atoms with E-state index in [1.54, 1.807) is 0 Å². The summed E-state index contributed by atoms with van der Waals surface area (Å²) in [5.74, 6) is -2.15. The Bertz CT molecular complexity index is 286. The van der Waals surface area contributed by atoms with Crippen molar-refractivity contribution < 1.29 is 19.5 Å². The smallest absolute Gasteiger partial charge is 0.318 e. The first-order valence-corrected chi connectivity index (χ1v) is 4.43. The summed E-state index contributed by atoms with van der Waals surface area (Å²) in [7, 11) is 2.84. The van der Waals surface area contributed by atoms with Gasteiger partial charge in [0.1, 0.15) is 5.41 Å². The van der Waals surface area contributed by atoms with Gasteiger partial charge >= 0.3 is 5.97 Å². The fourth-order valence-electron chi connectivity index (χ4n) is 0.935. The predicted molar refractivity (Wildman–Crippen MR) is 53.1 cm³/mol. The number of nitrogens with one attached hydrogen (secondary N) is 1. The van der Waals surface area contributed by atoms with Crippen molar-refractivity contribution in [3.05, 3.63) is 0 Å². The van der Waals surface area contributed by atoms with Gasteiger partial charge in [0.05, 0.1) is 6.54 Å². The van der Waals surface area contributed by atoms with Gasteiger partial charge in [-0.1, -0.05) is 0 Å². The highest BCUT2D eigenvalue weighted by Gasteiger charge is 2.38. The van der Waals surface area contributed by atoms with Crippen LogP contribution < -0.4 is 5.32 Å². The third-order valence-electron chi connectivity index (χ3n) is 2.08. The maximum absolute atomic E-state index is 11.6. The molecule has 0 aliphatic carbocycles. The van der Waals surface area contributed by atoms with Crippen molar-refractivity contribution in [2.24, 2.45) is 5.41 Å². The molecule has 0 aromatic rings. The summed E-state index contributed by atoms with van der Waals surface area (Å²) in [5, 5.41) is 11.2. The molecule has 0 aliphatic heterocycles. The summed E-state index contributed by atoms with van der Waals surface area (Å²) in [6.45, 7) is 2.46. The number of carbonyl (C=O) groups excluding carboxylic acids is 2. The van der Waals surface area contributed by atoms with Gasteiger partial charge < -0.3 is 15.3 Å². The van der Waals surface area contributed by atoms with Crippen LogP contribution in [0.25, 0.3) is 0 Å². The Hall–Kier alpha value is -1.59. The highest BCUT2D eigenvalue weighted by molar-refractivity contribution is 6.01. The van der Waals surface area contributed by atoms with Crippen molar-refractivity contribution >= 4 is 17.8 Å². The lowest BCUT2D eigenvalue weighted by molar-refractivity contribution is -0.158. The van der Waals surface area contributed by atoms with E-state index >= 15 is 0 Å². The molecule has 15 heavy (non-hydrogen) atoms. The molecule has 0 aliphatic rings. The average Bonchev–Trinajstić information content (AvgIpc) is 2.15. The maximum atomic E-state index is 11.6. The van der Waals surface area contributed by atoms with Gasteiger partial charge in [0.2, 0.25) is 11.8 Å². The van der Waals surface area contributed by atoms with Gasteiger partial charge in [0.15, 0.2) is 0 Å². The zero-order chi connectivity index (χ0) is 12.2. The van der Waals surface area contributed by atoms with Gasteiger partial charge in [-0.15, -0.1) is 0 Å². The van der Waals surface area contributed by atoms with Gasteiger partial charge in [0, 0.05) is 14.1 Å². The van der Waals surface area contributed by atoms with Crippen LogP contribution >= 0.6 is 0 Å². The van der Waals surface area contributed by atoms with Gasteiger partial charge in [-0.05, 0) is 13.8 Å². The van der Waals surface area contributed by atoms with Crippen LogP contribution in [0.5, 0.6) is 0 Å². The average molecular weight is 216 g/mol. The zero-order valence-electron chi connectivity index (χ0n) is 9.33. The van der Waals surface area contributed by atoms with E-state index in [2.05, 4.69) is 5.32 Å². The second kappa shape index (κ2) is 4.77. The number of amides is 2. The third-order valence-corrected chi connectivity index (χ3v) is 2.08. The SMILES string of the molecule is CNC(=O)CN(C)C(=O)C(C)(C)C(=O)O. The van der Waals surface area contributed by atoms with Gasteiger partial charge in [0.25, 0.3) is 0 Å². The molecule has 0 unspecified atom stereocenters. The number of rotatable bonds is 4. The molecule has 2 amide bonds. The van der Waals surface area contributed by atoms with E-state index in [1.807, 2.05) is 0 Å². The maximum Gasteiger partial charge on any atom is 0.318 e. The Morgan fingerprint density at radius 2 is 1.80 bits per heavy atom. The highest BCUT2D eigenvalue weighted by atomic mass is 16.4. The Kier molecular flexibility index (Phi) is 4.26. The van der Waals surface area contributed by atoms with Crippen LogP contribution in [0.1, 0.15) is 13.8 Å². The molecule has 0 bridgehead atoms. The largest absolute Gasteiger partial charge is 0.480 e. The van der Waals surface area contributed by atoms with E-state index in [4.69, 9.17) is 5.11 Å². The molecule has 0 spiro atoms. The molecule has 0 saturated carbocycles. The minimum absolute atomic E-state index is 0.147. The van der Waals surface area contributed by atoms with Crippen LogP contribution in [0.2, 0.25) is 0 Å². The summed E-state index contributed by atoms with van der Waals surface area (Å²) in [5.41, 5.74) is -1.51. The monoisotopic (exact) mass is 216 g/mol. The van der Waals surface area contributed by atoms with E-state index in [1.165, 1.54) is 27.9 Å². The molecule has 0 heterocycles. The number of carboxylic acids is 1. The molecule has 2 N–H and O–H groups in total. The first-order valence-electron chi connectivity index (χ1n) is 4.43. The van der Waals surface area contributed by atoms with Crippen LogP contribution in [0, 0.1) is 5.41 Å². The molecule has 0 atom stereocenters. The first kappa shape index (κ1) is 13.4. The van der Waals surface area contributed by atoms with Crippen molar-refractivity contribution in [3.63, 3.8) is 0 Å². The van der Waals surface area contributed by atoms with Crippen molar-refractivity contribution in [1.29, 1.82) is 0 Å². The fraction of sp³-hybridized carbons (Fsp3) is 0.667. The molecule has 0 rings (SSSR count).